The molecule has 0 radical (unpaired) electrons. The molecule has 0 aliphatic carbocycles. The van der Waals surface area contributed by atoms with Crippen LogP contribution in [0.2, 0.25) is 0 Å². The van der Waals surface area contributed by atoms with E-state index in [1.165, 1.54) is 0 Å². The van der Waals surface area contributed by atoms with E-state index in [1.54, 1.807) is 0 Å². The van der Waals surface area contributed by atoms with E-state index in [4.69, 9.17) is 10.5 Å². The molecule has 0 heterocycles. The average Bonchev–Trinajstić information content (AvgIpc) is 2.28. The highest BCUT2D eigenvalue weighted by molar-refractivity contribution is 9.10. The standard InChI is InChI=1S/C14H19BrN2O3/c1-14(2,3)17-13(19)20-11(12(16)18)8-9-4-6-10(15)7-5-9/h4-7,11H,8H2,1-3H3,(H2,16,18)(H,17,19)/t11-/m0/s1. The molecule has 0 saturated heterocycles. The fourth-order valence-corrected chi connectivity index (χ4v) is 1.76. The van der Waals surface area contributed by atoms with Crippen molar-refractivity contribution < 1.29 is 14.3 Å². The zero-order valence-electron chi connectivity index (χ0n) is 11.8. The second kappa shape index (κ2) is 6.74. The van der Waals surface area contributed by atoms with E-state index in [1.807, 2.05) is 45.0 Å². The number of nitrogens with one attached hydrogen (secondary N) is 1. The number of carbonyl (C=O) groups excluding carboxylic acids is 2. The summed E-state index contributed by atoms with van der Waals surface area (Å²) in [5.41, 5.74) is 5.70. The highest BCUT2D eigenvalue weighted by atomic mass is 79.9. The van der Waals surface area contributed by atoms with Crippen LogP contribution >= 0.6 is 15.9 Å². The largest absolute Gasteiger partial charge is 0.436 e. The summed E-state index contributed by atoms with van der Waals surface area (Å²) < 4.78 is 6.02. The predicted molar refractivity (Wildman–Crippen MR) is 80.2 cm³/mol. The van der Waals surface area contributed by atoms with Gasteiger partial charge in [0, 0.05) is 16.4 Å². The smallest absolute Gasteiger partial charge is 0.408 e. The van der Waals surface area contributed by atoms with Gasteiger partial charge in [0.2, 0.25) is 0 Å². The normalized spacial score (nSPS) is 12.6. The number of hydrogen-bond donors (Lipinski definition) is 2. The van der Waals surface area contributed by atoms with Gasteiger partial charge in [-0.15, -0.1) is 0 Å². The van der Waals surface area contributed by atoms with Crippen molar-refractivity contribution in [3.05, 3.63) is 34.3 Å². The zero-order valence-corrected chi connectivity index (χ0v) is 13.4. The van der Waals surface area contributed by atoms with E-state index < -0.39 is 23.6 Å². The second-order valence-electron chi connectivity index (χ2n) is 5.50. The van der Waals surface area contributed by atoms with Gasteiger partial charge >= 0.3 is 6.09 Å². The molecule has 0 aliphatic heterocycles. The third kappa shape index (κ3) is 6.06. The summed E-state index contributed by atoms with van der Waals surface area (Å²) >= 11 is 3.33. The van der Waals surface area contributed by atoms with Crippen molar-refractivity contribution in [3.8, 4) is 0 Å². The van der Waals surface area contributed by atoms with Crippen molar-refractivity contribution in [2.45, 2.75) is 38.8 Å². The van der Waals surface area contributed by atoms with Gasteiger partial charge in [-0.2, -0.15) is 0 Å². The number of ether oxygens (including phenoxy) is 1. The molecule has 0 aromatic heterocycles. The lowest BCUT2D eigenvalue weighted by Crippen LogP contribution is -2.45. The Balaban J connectivity index is 2.68. The van der Waals surface area contributed by atoms with Gasteiger partial charge in [0.05, 0.1) is 0 Å². The quantitative estimate of drug-likeness (QED) is 0.881. The number of carbonyl (C=O) groups is 2. The number of alkyl carbamates (subject to hydrolysis) is 1. The number of amides is 2. The number of nitrogens with two attached hydrogens (primary N) is 1. The minimum Gasteiger partial charge on any atom is -0.436 e. The number of primary amides is 1. The molecule has 0 spiro atoms. The van der Waals surface area contributed by atoms with Crippen LogP contribution < -0.4 is 11.1 Å². The fourth-order valence-electron chi connectivity index (χ4n) is 1.50. The molecular formula is C14H19BrN2O3. The number of rotatable bonds is 4. The molecule has 0 fully saturated rings. The van der Waals surface area contributed by atoms with E-state index in [-0.39, 0.29) is 6.42 Å². The molecule has 5 nitrogen and oxygen atoms in total. The van der Waals surface area contributed by atoms with Crippen molar-refractivity contribution in [1.29, 1.82) is 0 Å². The van der Waals surface area contributed by atoms with Gasteiger partial charge in [-0.3, -0.25) is 4.79 Å². The Kier molecular flexibility index (Phi) is 5.56. The van der Waals surface area contributed by atoms with Crippen LogP contribution in [-0.2, 0) is 16.0 Å². The fraction of sp³-hybridized carbons (Fsp3) is 0.429. The van der Waals surface area contributed by atoms with Crippen LogP contribution in [0.5, 0.6) is 0 Å². The lowest BCUT2D eigenvalue weighted by Gasteiger charge is -2.22. The number of benzene rings is 1. The molecule has 1 rings (SSSR count). The van der Waals surface area contributed by atoms with Gasteiger partial charge in [-0.1, -0.05) is 28.1 Å². The summed E-state index contributed by atoms with van der Waals surface area (Å²) in [5, 5.41) is 2.62. The molecule has 110 valence electrons. The van der Waals surface area contributed by atoms with Crippen molar-refractivity contribution in [2.24, 2.45) is 5.73 Å². The Morgan fingerprint density at radius 2 is 1.85 bits per heavy atom. The molecule has 1 atom stereocenters. The highest BCUT2D eigenvalue weighted by Gasteiger charge is 2.23. The van der Waals surface area contributed by atoms with Crippen molar-refractivity contribution in [2.75, 3.05) is 0 Å². The topological polar surface area (TPSA) is 81.4 Å². The van der Waals surface area contributed by atoms with E-state index in [9.17, 15) is 9.59 Å². The molecular weight excluding hydrogens is 324 g/mol. The van der Waals surface area contributed by atoms with Gasteiger partial charge in [0.25, 0.3) is 5.91 Å². The SMILES string of the molecule is CC(C)(C)NC(=O)O[C@@H](Cc1ccc(Br)cc1)C(N)=O. The van der Waals surface area contributed by atoms with Crippen LogP contribution in [0.3, 0.4) is 0 Å². The van der Waals surface area contributed by atoms with Gasteiger partial charge in [0.15, 0.2) is 6.10 Å². The minimum atomic E-state index is -0.987. The van der Waals surface area contributed by atoms with Crippen LogP contribution in [-0.4, -0.2) is 23.6 Å². The maximum absolute atomic E-state index is 11.7. The summed E-state index contributed by atoms with van der Waals surface area (Å²) in [7, 11) is 0. The first kappa shape index (κ1) is 16.5. The molecule has 0 bridgehead atoms. The number of hydrogen-bond acceptors (Lipinski definition) is 3. The van der Waals surface area contributed by atoms with Crippen LogP contribution in [0.4, 0.5) is 4.79 Å². The van der Waals surface area contributed by atoms with Crippen molar-refractivity contribution >= 4 is 27.9 Å². The Labute approximate surface area is 127 Å². The molecule has 2 amide bonds. The molecule has 0 aliphatic rings. The first-order valence-corrected chi connectivity index (χ1v) is 6.99. The van der Waals surface area contributed by atoms with Crippen LogP contribution in [0, 0.1) is 0 Å². The maximum Gasteiger partial charge on any atom is 0.408 e. The van der Waals surface area contributed by atoms with E-state index in [0.717, 1.165) is 10.0 Å². The molecule has 0 saturated carbocycles. The van der Waals surface area contributed by atoms with Crippen LogP contribution in [0.25, 0.3) is 0 Å². The Bertz CT molecular complexity index is 480. The van der Waals surface area contributed by atoms with Gasteiger partial charge in [-0.05, 0) is 38.5 Å². The Morgan fingerprint density at radius 3 is 2.30 bits per heavy atom. The predicted octanol–water partition coefficient (Wildman–Crippen LogP) is 2.37. The minimum absolute atomic E-state index is 0.250. The van der Waals surface area contributed by atoms with Gasteiger partial charge in [0.1, 0.15) is 0 Å². The molecule has 1 aromatic carbocycles. The van der Waals surface area contributed by atoms with Gasteiger partial charge in [-0.25, -0.2) is 4.79 Å². The van der Waals surface area contributed by atoms with E-state index in [0.29, 0.717) is 0 Å². The Morgan fingerprint density at radius 1 is 1.30 bits per heavy atom. The van der Waals surface area contributed by atoms with Gasteiger partial charge < -0.3 is 15.8 Å². The average molecular weight is 343 g/mol. The zero-order chi connectivity index (χ0) is 15.3. The molecule has 0 unspecified atom stereocenters. The molecule has 1 aromatic rings. The lowest BCUT2D eigenvalue weighted by atomic mass is 10.1. The molecule has 6 heteroatoms. The number of halogens is 1. The van der Waals surface area contributed by atoms with Crippen LogP contribution in [0.15, 0.2) is 28.7 Å². The maximum atomic E-state index is 11.7. The summed E-state index contributed by atoms with van der Waals surface area (Å²) in [6.07, 6.45) is -1.39. The lowest BCUT2D eigenvalue weighted by molar-refractivity contribution is -0.126. The first-order valence-electron chi connectivity index (χ1n) is 6.20. The first-order chi connectivity index (χ1) is 9.17. The summed E-state index contributed by atoms with van der Waals surface area (Å²) in [6, 6.07) is 7.38. The molecule has 20 heavy (non-hydrogen) atoms. The summed E-state index contributed by atoms with van der Waals surface area (Å²) in [4.78, 5) is 23.0. The van der Waals surface area contributed by atoms with Crippen LogP contribution in [0.1, 0.15) is 26.3 Å². The molecule has 3 N–H and O–H groups in total. The third-order valence-corrected chi connectivity index (χ3v) is 2.91. The second-order valence-corrected chi connectivity index (χ2v) is 6.42. The monoisotopic (exact) mass is 342 g/mol. The van der Waals surface area contributed by atoms with Crippen molar-refractivity contribution in [3.63, 3.8) is 0 Å². The Hall–Kier alpha value is -1.56. The van der Waals surface area contributed by atoms with E-state index >= 15 is 0 Å². The van der Waals surface area contributed by atoms with Crippen molar-refractivity contribution in [1.82, 2.24) is 5.32 Å². The van der Waals surface area contributed by atoms with E-state index in [2.05, 4.69) is 21.2 Å². The third-order valence-electron chi connectivity index (χ3n) is 2.38. The highest BCUT2D eigenvalue weighted by Crippen LogP contribution is 2.13. The summed E-state index contributed by atoms with van der Waals surface area (Å²) in [5.74, 6) is -0.669. The summed E-state index contributed by atoms with van der Waals surface area (Å²) in [6.45, 7) is 5.47.